The number of allylic oxidation sites excluding steroid dienone is 1. The average Bonchev–Trinajstić information content (AvgIpc) is 3.62. The van der Waals surface area contributed by atoms with Crippen LogP contribution in [0.3, 0.4) is 0 Å². The summed E-state index contributed by atoms with van der Waals surface area (Å²) in [5, 5.41) is 3.87. The van der Waals surface area contributed by atoms with E-state index in [2.05, 4.69) is 183 Å². The summed E-state index contributed by atoms with van der Waals surface area (Å²) >= 11 is 2.58. The molecule has 0 radical (unpaired) electrons. The Balaban J connectivity index is 1.27. The molecule has 6 aromatic carbocycles. The summed E-state index contributed by atoms with van der Waals surface area (Å²) in [6.07, 6.45) is 6.73. The average molecular weight is 689 g/mol. The molecule has 0 amide bonds. The third-order valence-corrected chi connectivity index (χ3v) is 10.5. The van der Waals surface area contributed by atoms with Gasteiger partial charge in [0.15, 0.2) is 0 Å². The topological polar surface area (TPSA) is 9.86 Å². The standard InChI is InChI=1S/C42H29IN2/c43-42-34(32-18-5-11-26-40(32)44-36-22-7-1-14-28(36)29-15-2-8-23-37(29)44)20-13-21-35(42)33-19-6-12-27-41(33)45-38-24-9-3-16-30(38)31-17-4-10-25-39(31)45/h1-9,11-24,26-27H,10,25H2. The maximum absolute atomic E-state index is 2.58. The van der Waals surface area contributed by atoms with Gasteiger partial charge in [0.1, 0.15) is 0 Å². The Morgan fingerprint density at radius 1 is 0.444 bits per heavy atom. The molecule has 2 aromatic heterocycles. The quantitative estimate of drug-likeness (QED) is 0.163. The number of hydrogen-bond acceptors (Lipinski definition) is 0. The number of hydrogen-bond donors (Lipinski definition) is 0. The fraction of sp³-hybridized carbons (Fsp3) is 0.0476. The second-order valence-electron chi connectivity index (χ2n) is 11.7. The number of nitrogens with zero attached hydrogens (tertiary/aromatic N) is 2. The van der Waals surface area contributed by atoms with E-state index in [9.17, 15) is 0 Å². The molecule has 0 bridgehead atoms. The van der Waals surface area contributed by atoms with Crippen molar-refractivity contribution in [1.82, 2.24) is 9.13 Å². The van der Waals surface area contributed by atoms with E-state index in [1.807, 2.05) is 0 Å². The molecule has 0 unspecified atom stereocenters. The van der Waals surface area contributed by atoms with Crippen LogP contribution in [0.2, 0.25) is 0 Å². The van der Waals surface area contributed by atoms with E-state index < -0.39 is 0 Å². The van der Waals surface area contributed by atoms with E-state index >= 15 is 0 Å². The third-order valence-electron chi connectivity index (χ3n) is 9.30. The maximum atomic E-state index is 2.58. The summed E-state index contributed by atoms with van der Waals surface area (Å²) in [6.45, 7) is 0. The highest BCUT2D eigenvalue weighted by atomic mass is 127. The number of benzene rings is 6. The molecule has 0 saturated heterocycles. The molecule has 214 valence electrons. The first kappa shape index (κ1) is 26.5. The van der Waals surface area contributed by atoms with Gasteiger partial charge in [0.05, 0.1) is 27.9 Å². The van der Waals surface area contributed by atoms with E-state index in [0.717, 1.165) is 12.8 Å². The van der Waals surface area contributed by atoms with Crippen LogP contribution in [0.25, 0.3) is 72.4 Å². The van der Waals surface area contributed by atoms with E-state index in [1.54, 1.807) is 0 Å². The van der Waals surface area contributed by atoms with Crippen molar-refractivity contribution < 1.29 is 0 Å². The lowest BCUT2D eigenvalue weighted by Crippen LogP contribution is -2.05. The zero-order valence-corrected chi connectivity index (χ0v) is 26.8. The molecule has 9 rings (SSSR count). The molecular weight excluding hydrogens is 659 g/mol. The summed E-state index contributed by atoms with van der Waals surface area (Å²) in [7, 11) is 0. The summed E-state index contributed by atoms with van der Waals surface area (Å²) in [6, 6.07) is 50.9. The van der Waals surface area contributed by atoms with E-state index in [4.69, 9.17) is 0 Å². The minimum atomic E-state index is 1.04. The van der Waals surface area contributed by atoms with Crippen LogP contribution in [0.1, 0.15) is 17.7 Å². The van der Waals surface area contributed by atoms with Crippen molar-refractivity contribution in [3.05, 3.63) is 160 Å². The van der Waals surface area contributed by atoms with Gasteiger partial charge in [-0.15, -0.1) is 0 Å². The van der Waals surface area contributed by atoms with E-state index in [-0.39, 0.29) is 0 Å². The largest absolute Gasteiger partial charge is 0.312 e. The van der Waals surface area contributed by atoms with Crippen molar-refractivity contribution >= 4 is 61.4 Å². The molecule has 3 heteroatoms. The van der Waals surface area contributed by atoms with Crippen molar-refractivity contribution in [2.75, 3.05) is 0 Å². The van der Waals surface area contributed by atoms with Crippen LogP contribution in [0.5, 0.6) is 0 Å². The molecular formula is C42H29IN2. The highest BCUT2D eigenvalue weighted by Gasteiger charge is 2.22. The van der Waals surface area contributed by atoms with Crippen molar-refractivity contribution in [2.45, 2.75) is 12.8 Å². The van der Waals surface area contributed by atoms with Crippen LogP contribution in [0.4, 0.5) is 0 Å². The van der Waals surface area contributed by atoms with Crippen LogP contribution in [-0.2, 0) is 6.42 Å². The monoisotopic (exact) mass is 688 g/mol. The van der Waals surface area contributed by atoms with Gasteiger partial charge in [-0.05, 0) is 76.9 Å². The Morgan fingerprint density at radius 2 is 0.911 bits per heavy atom. The second-order valence-corrected chi connectivity index (χ2v) is 12.8. The van der Waals surface area contributed by atoms with E-state index in [1.165, 1.54) is 81.2 Å². The summed E-state index contributed by atoms with van der Waals surface area (Å²) < 4.78 is 6.20. The predicted molar refractivity (Wildman–Crippen MR) is 199 cm³/mol. The molecule has 0 N–H and O–H groups in total. The van der Waals surface area contributed by atoms with Gasteiger partial charge in [0.25, 0.3) is 0 Å². The predicted octanol–water partition coefficient (Wildman–Crippen LogP) is 11.6. The van der Waals surface area contributed by atoms with Gasteiger partial charge in [-0.3, -0.25) is 0 Å². The molecule has 0 fully saturated rings. The van der Waals surface area contributed by atoms with Crippen molar-refractivity contribution in [2.24, 2.45) is 0 Å². The number of para-hydroxylation sites is 5. The molecule has 0 aliphatic heterocycles. The van der Waals surface area contributed by atoms with Gasteiger partial charge in [0.2, 0.25) is 0 Å². The van der Waals surface area contributed by atoms with E-state index in [0.29, 0.717) is 0 Å². The highest BCUT2D eigenvalue weighted by Crippen LogP contribution is 2.42. The molecule has 0 spiro atoms. The fourth-order valence-corrected chi connectivity index (χ4v) is 8.31. The summed E-state index contributed by atoms with van der Waals surface area (Å²) in [4.78, 5) is 0. The lowest BCUT2D eigenvalue weighted by molar-refractivity contribution is 0.889. The molecule has 0 saturated carbocycles. The van der Waals surface area contributed by atoms with Crippen LogP contribution < -0.4 is 0 Å². The Kier molecular flexibility index (Phi) is 6.27. The number of halogens is 1. The third kappa shape index (κ3) is 4.07. The minimum absolute atomic E-state index is 1.04. The molecule has 2 heterocycles. The normalized spacial score (nSPS) is 12.7. The lowest BCUT2D eigenvalue weighted by atomic mass is 9.96. The number of aromatic nitrogens is 2. The smallest absolute Gasteiger partial charge is 0.0541 e. The molecule has 1 aliphatic rings. The number of fused-ring (bicyclic) bond motifs is 6. The van der Waals surface area contributed by atoms with Crippen molar-refractivity contribution in [3.8, 4) is 33.6 Å². The first-order valence-electron chi connectivity index (χ1n) is 15.5. The van der Waals surface area contributed by atoms with Gasteiger partial charge in [0, 0.05) is 42.1 Å². The molecule has 0 atom stereocenters. The van der Waals surface area contributed by atoms with Gasteiger partial charge in [-0.25, -0.2) is 0 Å². The Morgan fingerprint density at radius 3 is 1.53 bits per heavy atom. The zero-order valence-electron chi connectivity index (χ0n) is 24.6. The van der Waals surface area contributed by atoms with Crippen molar-refractivity contribution in [3.63, 3.8) is 0 Å². The van der Waals surface area contributed by atoms with Gasteiger partial charge < -0.3 is 9.13 Å². The Bertz CT molecular complexity index is 2400. The van der Waals surface area contributed by atoms with Crippen LogP contribution >= 0.6 is 22.6 Å². The van der Waals surface area contributed by atoms with Gasteiger partial charge in [-0.1, -0.05) is 121 Å². The molecule has 2 nitrogen and oxygen atoms in total. The first-order chi connectivity index (χ1) is 22.3. The lowest BCUT2D eigenvalue weighted by Gasteiger charge is -2.20. The first-order valence-corrected chi connectivity index (χ1v) is 16.6. The maximum Gasteiger partial charge on any atom is 0.0541 e. The highest BCUT2D eigenvalue weighted by molar-refractivity contribution is 14.1. The summed E-state index contributed by atoms with van der Waals surface area (Å²) in [5.74, 6) is 0. The fourth-order valence-electron chi connectivity index (χ4n) is 7.37. The van der Waals surface area contributed by atoms with Gasteiger partial charge in [-0.2, -0.15) is 0 Å². The molecule has 45 heavy (non-hydrogen) atoms. The minimum Gasteiger partial charge on any atom is -0.312 e. The van der Waals surface area contributed by atoms with Crippen LogP contribution in [0, 0.1) is 3.57 Å². The van der Waals surface area contributed by atoms with Crippen LogP contribution in [-0.4, -0.2) is 9.13 Å². The van der Waals surface area contributed by atoms with Crippen molar-refractivity contribution in [1.29, 1.82) is 0 Å². The molecule has 8 aromatic rings. The number of rotatable bonds is 4. The second kappa shape index (κ2) is 10.6. The molecule has 1 aliphatic carbocycles. The Labute approximate surface area is 276 Å². The SMILES string of the molecule is Ic1c(-c2ccccc2-n2c3c(c4ccccc42)C=CCC3)cccc1-c1ccccc1-n1c2ccccc2c2ccccc21. The zero-order chi connectivity index (χ0) is 29.9. The van der Waals surface area contributed by atoms with Gasteiger partial charge >= 0.3 is 0 Å². The van der Waals surface area contributed by atoms with Crippen LogP contribution in [0.15, 0.2) is 146 Å². The summed E-state index contributed by atoms with van der Waals surface area (Å²) in [5.41, 5.74) is 13.8. The Hall–Kier alpha value is -4.87.